The molecule has 3 aromatic rings. The van der Waals surface area contributed by atoms with Crippen molar-refractivity contribution < 1.29 is 4.79 Å². The molecule has 0 spiro atoms. The van der Waals surface area contributed by atoms with E-state index in [1.165, 1.54) is 6.20 Å². The third kappa shape index (κ3) is 4.02. The molecule has 0 bridgehead atoms. The third-order valence-electron chi connectivity index (χ3n) is 4.95. The van der Waals surface area contributed by atoms with Gasteiger partial charge in [-0.05, 0) is 49.9 Å². The SMILES string of the molecule is Cc1ccc(N2CCC(CNC(=O)c3cnc4ccccc4n3)CC2)nn1. The molecule has 0 saturated carbocycles. The number of amides is 1. The van der Waals surface area contributed by atoms with Gasteiger partial charge >= 0.3 is 0 Å². The molecule has 0 aliphatic carbocycles. The van der Waals surface area contributed by atoms with Gasteiger partial charge in [-0.3, -0.25) is 9.78 Å². The number of rotatable bonds is 4. The number of aromatic nitrogens is 4. The quantitative estimate of drug-likeness (QED) is 0.767. The second kappa shape index (κ2) is 7.65. The van der Waals surface area contributed by atoms with E-state index in [4.69, 9.17) is 0 Å². The van der Waals surface area contributed by atoms with Crippen LogP contribution < -0.4 is 10.2 Å². The van der Waals surface area contributed by atoms with Gasteiger partial charge in [-0.15, -0.1) is 5.10 Å². The highest BCUT2D eigenvalue weighted by molar-refractivity contribution is 5.93. The first-order valence-electron chi connectivity index (χ1n) is 9.24. The van der Waals surface area contributed by atoms with Crippen molar-refractivity contribution in [2.24, 2.45) is 5.92 Å². The second-order valence-corrected chi connectivity index (χ2v) is 6.92. The smallest absolute Gasteiger partial charge is 0.271 e. The third-order valence-corrected chi connectivity index (χ3v) is 4.95. The fraction of sp³-hybridized carbons (Fsp3) is 0.350. The van der Waals surface area contributed by atoms with Crippen molar-refractivity contribution in [2.75, 3.05) is 24.5 Å². The van der Waals surface area contributed by atoms with E-state index in [0.717, 1.165) is 48.5 Å². The number of para-hydroxylation sites is 2. The van der Waals surface area contributed by atoms with Crippen LogP contribution in [0.4, 0.5) is 5.82 Å². The van der Waals surface area contributed by atoms with Gasteiger partial charge in [-0.2, -0.15) is 5.10 Å². The first-order valence-corrected chi connectivity index (χ1v) is 9.24. The number of benzene rings is 1. The van der Waals surface area contributed by atoms with Gasteiger partial charge < -0.3 is 10.2 Å². The number of nitrogens with one attached hydrogen (secondary N) is 1. The van der Waals surface area contributed by atoms with Gasteiger partial charge in [-0.25, -0.2) is 4.98 Å². The first kappa shape index (κ1) is 17.3. The van der Waals surface area contributed by atoms with Crippen LogP contribution in [0.1, 0.15) is 29.0 Å². The molecule has 1 aliphatic rings. The molecule has 0 atom stereocenters. The van der Waals surface area contributed by atoms with Crippen LogP contribution in [0.3, 0.4) is 0 Å². The molecule has 2 aromatic heterocycles. The van der Waals surface area contributed by atoms with Crippen LogP contribution in [0.25, 0.3) is 11.0 Å². The Morgan fingerprint density at radius 1 is 1.11 bits per heavy atom. The van der Waals surface area contributed by atoms with Crippen LogP contribution in [-0.4, -0.2) is 45.7 Å². The highest BCUT2D eigenvalue weighted by Gasteiger charge is 2.21. The van der Waals surface area contributed by atoms with E-state index in [2.05, 4.69) is 30.4 Å². The zero-order valence-corrected chi connectivity index (χ0v) is 15.3. The Balaban J connectivity index is 1.30. The molecule has 1 N–H and O–H groups in total. The Bertz CT molecular complexity index is 935. The van der Waals surface area contributed by atoms with Crippen LogP contribution in [0.15, 0.2) is 42.6 Å². The van der Waals surface area contributed by atoms with Crippen LogP contribution in [0, 0.1) is 12.8 Å². The van der Waals surface area contributed by atoms with Gasteiger partial charge in [0.05, 0.1) is 22.9 Å². The minimum atomic E-state index is -0.167. The summed E-state index contributed by atoms with van der Waals surface area (Å²) in [4.78, 5) is 23.4. The predicted octanol–water partition coefficient (Wildman–Crippen LogP) is 2.37. The topological polar surface area (TPSA) is 83.9 Å². The van der Waals surface area contributed by atoms with E-state index < -0.39 is 0 Å². The minimum Gasteiger partial charge on any atom is -0.355 e. The highest BCUT2D eigenvalue weighted by atomic mass is 16.1. The van der Waals surface area contributed by atoms with E-state index in [-0.39, 0.29) is 5.91 Å². The number of carbonyl (C=O) groups is 1. The number of nitrogens with zero attached hydrogens (tertiary/aromatic N) is 5. The number of hydrogen-bond donors (Lipinski definition) is 1. The molecule has 0 unspecified atom stereocenters. The maximum absolute atomic E-state index is 12.4. The monoisotopic (exact) mass is 362 g/mol. The Labute approximate surface area is 157 Å². The van der Waals surface area contributed by atoms with E-state index in [0.29, 0.717) is 18.2 Å². The Morgan fingerprint density at radius 2 is 1.89 bits per heavy atom. The number of piperidine rings is 1. The van der Waals surface area contributed by atoms with Crippen molar-refractivity contribution in [3.8, 4) is 0 Å². The fourth-order valence-corrected chi connectivity index (χ4v) is 3.32. The molecular weight excluding hydrogens is 340 g/mol. The zero-order valence-electron chi connectivity index (χ0n) is 15.3. The van der Waals surface area contributed by atoms with Crippen molar-refractivity contribution in [3.05, 3.63) is 54.0 Å². The van der Waals surface area contributed by atoms with Gasteiger partial charge in [0.1, 0.15) is 5.69 Å². The maximum atomic E-state index is 12.4. The summed E-state index contributed by atoms with van der Waals surface area (Å²) in [5.74, 6) is 1.21. The number of aryl methyl sites for hydroxylation is 1. The number of hydrogen-bond acceptors (Lipinski definition) is 6. The molecule has 3 heterocycles. The summed E-state index contributed by atoms with van der Waals surface area (Å²) in [6.45, 7) is 4.44. The molecule has 1 saturated heterocycles. The lowest BCUT2D eigenvalue weighted by atomic mass is 9.96. The summed E-state index contributed by atoms with van der Waals surface area (Å²) >= 11 is 0. The van der Waals surface area contributed by atoms with Crippen LogP contribution in [-0.2, 0) is 0 Å². The minimum absolute atomic E-state index is 0.167. The van der Waals surface area contributed by atoms with Crippen molar-refractivity contribution in [2.45, 2.75) is 19.8 Å². The molecule has 7 heteroatoms. The van der Waals surface area contributed by atoms with Crippen LogP contribution in [0.2, 0.25) is 0 Å². The van der Waals surface area contributed by atoms with E-state index in [1.807, 2.05) is 43.3 Å². The van der Waals surface area contributed by atoms with E-state index in [9.17, 15) is 4.79 Å². The second-order valence-electron chi connectivity index (χ2n) is 6.92. The fourth-order valence-electron chi connectivity index (χ4n) is 3.32. The Kier molecular flexibility index (Phi) is 4.91. The molecular formula is C20H22N6O. The first-order chi connectivity index (χ1) is 13.2. The molecule has 7 nitrogen and oxygen atoms in total. The van der Waals surface area contributed by atoms with Crippen LogP contribution in [0.5, 0.6) is 0 Å². The van der Waals surface area contributed by atoms with Gasteiger partial charge in [0.2, 0.25) is 0 Å². The molecule has 0 radical (unpaired) electrons. The van der Waals surface area contributed by atoms with Crippen LogP contribution >= 0.6 is 0 Å². The van der Waals surface area contributed by atoms with Crippen molar-refractivity contribution >= 4 is 22.8 Å². The zero-order chi connectivity index (χ0) is 18.6. The summed E-state index contributed by atoms with van der Waals surface area (Å²) in [6.07, 6.45) is 3.56. The lowest BCUT2D eigenvalue weighted by molar-refractivity contribution is 0.0940. The van der Waals surface area contributed by atoms with Crippen molar-refractivity contribution in [1.29, 1.82) is 0 Å². The molecule has 1 aromatic carbocycles. The standard InChI is InChI=1S/C20H22N6O/c1-14-6-7-19(25-24-14)26-10-8-15(9-11-26)12-22-20(27)18-13-21-16-4-2-3-5-17(16)23-18/h2-7,13,15H,8-12H2,1H3,(H,22,27). The molecule has 4 rings (SSSR count). The summed E-state index contributed by atoms with van der Waals surface area (Å²) in [5, 5.41) is 11.4. The summed E-state index contributed by atoms with van der Waals surface area (Å²) in [5.41, 5.74) is 2.81. The van der Waals surface area contributed by atoms with E-state index >= 15 is 0 Å². The molecule has 1 fully saturated rings. The Hall–Kier alpha value is -3.09. The van der Waals surface area contributed by atoms with Gasteiger partial charge in [0, 0.05) is 19.6 Å². The molecule has 27 heavy (non-hydrogen) atoms. The van der Waals surface area contributed by atoms with Gasteiger partial charge in [-0.1, -0.05) is 12.1 Å². The van der Waals surface area contributed by atoms with Crippen molar-refractivity contribution in [3.63, 3.8) is 0 Å². The predicted molar refractivity (Wildman–Crippen MR) is 104 cm³/mol. The average molecular weight is 362 g/mol. The number of anilines is 1. The normalized spacial score (nSPS) is 15.1. The maximum Gasteiger partial charge on any atom is 0.271 e. The van der Waals surface area contributed by atoms with Crippen molar-refractivity contribution in [1.82, 2.24) is 25.5 Å². The average Bonchev–Trinajstić information content (AvgIpc) is 2.72. The number of fused-ring (bicyclic) bond motifs is 1. The Morgan fingerprint density at radius 3 is 2.63 bits per heavy atom. The molecule has 1 aliphatic heterocycles. The summed E-state index contributed by atoms with van der Waals surface area (Å²) < 4.78 is 0. The summed E-state index contributed by atoms with van der Waals surface area (Å²) in [7, 11) is 0. The van der Waals surface area contributed by atoms with Gasteiger partial charge in [0.15, 0.2) is 5.82 Å². The number of carbonyl (C=O) groups excluding carboxylic acids is 1. The largest absolute Gasteiger partial charge is 0.355 e. The highest BCUT2D eigenvalue weighted by Crippen LogP contribution is 2.21. The molecule has 138 valence electrons. The lowest BCUT2D eigenvalue weighted by Gasteiger charge is -2.32. The molecule has 1 amide bonds. The lowest BCUT2D eigenvalue weighted by Crippen LogP contribution is -2.39. The summed E-state index contributed by atoms with van der Waals surface area (Å²) in [6, 6.07) is 11.6. The van der Waals surface area contributed by atoms with Gasteiger partial charge in [0.25, 0.3) is 5.91 Å². The van der Waals surface area contributed by atoms with E-state index in [1.54, 1.807) is 0 Å².